The zero-order valence-electron chi connectivity index (χ0n) is 10.7. The van der Waals surface area contributed by atoms with Gasteiger partial charge in [0.2, 0.25) is 0 Å². The van der Waals surface area contributed by atoms with Crippen molar-refractivity contribution in [1.29, 1.82) is 0 Å². The first-order valence-electron chi connectivity index (χ1n) is 5.71. The van der Waals surface area contributed by atoms with Crippen LogP contribution in [0.4, 0.5) is 0 Å². The Hall–Kier alpha value is 0. The molecule has 0 heteroatoms. The lowest BCUT2D eigenvalue weighted by Gasteiger charge is -2.35. The molecule has 0 aliphatic rings. The maximum atomic E-state index is 2.43. The minimum atomic E-state index is 0.491. The second kappa shape index (κ2) is 4.48. The van der Waals surface area contributed by atoms with Crippen molar-refractivity contribution in [3.63, 3.8) is 0 Å². The summed E-state index contributed by atoms with van der Waals surface area (Å²) in [5.74, 6) is 0.805. The highest BCUT2D eigenvalue weighted by Crippen LogP contribution is 2.38. The van der Waals surface area contributed by atoms with E-state index in [-0.39, 0.29) is 0 Å². The maximum Gasteiger partial charge on any atom is -0.0305 e. The molecule has 1 atom stereocenters. The Morgan fingerprint density at radius 2 is 1.38 bits per heavy atom. The van der Waals surface area contributed by atoms with Crippen LogP contribution in [0.25, 0.3) is 0 Å². The minimum Gasteiger partial charge on any atom is -0.0649 e. The first-order valence-corrected chi connectivity index (χ1v) is 5.71. The lowest BCUT2D eigenvalue weighted by atomic mass is 9.70. The fourth-order valence-electron chi connectivity index (χ4n) is 1.53. The topological polar surface area (TPSA) is 0 Å². The van der Waals surface area contributed by atoms with Gasteiger partial charge in [0.05, 0.1) is 0 Å². The van der Waals surface area contributed by atoms with E-state index in [0.717, 1.165) is 5.92 Å². The molecular formula is C13H28. The normalized spacial score (nSPS) is 17.5. The molecule has 13 heavy (non-hydrogen) atoms. The molecule has 0 spiro atoms. The summed E-state index contributed by atoms with van der Waals surface area (Å²) < 4.78 is 0. The Labute approximate surface area is 85.1 Å². The van der Waals surface area contributed by atoms with Gasteiger partial charge in [0.25, 0.3) is 0 Å². The standard InChI is InChI=1S/C13H28/c1-8-13(7,11(2)3)10-9-12(4,5)6/h11H,8-10H2,1-7H3. The molecule has 0 aromatic rings. The Morgan fingerprint density at radius 1 is 0.923 bits per heavy atom. The predicted octanol–water partition coefficient (Wildman–Crippen LogP) is 4.89. The van der Waals surface area contributed by atoms with Crippen LogP contribution >= 0.6 is 0 Å². The van der Waals surface area contributed by atoms with Crippen LogP contribution in [-0.2, 0) is 0 Å². The average molecular weight is 184 g/mol. The van der Waals surface area contributed by atoms with Crippen LogP contribution in [0.5, 0.6) is 0 Å². The van der Waals surface area contributed by atoms with Gasteiger partial charge in [-0.2, -0.15) is 0 Å². The summed E-state index contributed by atoms with van der Waals surface area (Å²) in [6.07, 6.45) is 4.01. The molecule has 0 radical (unpaired) electrons. The van der Waals surface area contributed by atoms with Crippen molar-refractivity contribution < 1.29 is 0 Å². The van der Waals surface area contributed by atoms with E-state index >= 15 is 0 Å². The minimum absolute atomic E-state index is 0.491. The molecule has 80 valence electrons. The van der Waals surface area contributed by atoms with Crippen molar-refractivity contribution in [2.45, 2.75) is 67.7 Å². The molecule has 0 aliphatic heterocycles. The van der Waals surface area contributed by atoms with Crippen LogP contribution in [-0.4, -0.2) is 0 Å². The SMILES string of the molecule is CCC(C)(CCC(C)(C)C)C(C)C. The third-order valence-corrected chi connectivity index (χ3v) is 3.65. The molecule has 0 rings (SSSR count). The first-order chi connectivity index (χ1) is 5.71. The van der Waals surface area contributed by atoms with E-state index in [0.29, 0.717) is 10.8 Å². The fourth-order valence-corrected chi connectivity index (χ4v) is 1.53. The van der Waals surface area contributed by atoms with Crippen molar-refractivity contribution in [3.05, 3.63) is 0 Å². The average Bonchev–Trinajstić information content (AvgIpc) is 1.98. The molecule has 0 fully saturated rings. The highest BCUT2D eigenvalue weighted by molar-refractivity contribution is 4.78. The molecule has 0 aromatic heterocycles. The first kappa shape index (κ1) is 13.0. The van der Waals surface area contributed by atoms with E-state index in [1.807, 2.05) is 0 Å². The van der Waals surface area contributed by atoms with E-state index in [4.69, 9.17) is 0 Å². The molecule has 1 unspecified atom stereocenters. The molecule has 0 aromatic carbocycles. The highest BCUT2D eigenvalue weighted by atomic mass is 14.3. The van der Waals surface area contributed by atoms with Crippen LogP contribution in [0.2, 0.25) is 0 Å². The van der Waals surface area contributed by atoms with Gasteiger partial charge >= 0.3 is 0 Å². The summed E-state index contributed by atoms with van der Waals surface area (Å²) in [4.78, 5) is 0. The molecule has 0 aliphatic carbocycles. The summed E-state index contributed by atoms with van der Waals surface area (Å²) >= 11 is 0. The van der Waals surface area contributed by atoms with Crippen LogP contribution in [0.3, 0.4) is 0 Å². The Kier molecular flexibility index (Phi) is 4.48. The van der Waals surface area contributed by atoms with Gasteiger partial charge in [0.1, 0.15) is 0 Å². The van der Waals surface area contributed by atoms with Crippen molar-refractivity contribution in [1.82, 2.24) is 0 Å². The van der Waals surface area contributed by atoms with Crippen LogP contribution in [0, 0.1) is 16.7 Å². The lowest BCUT2D eigenvalue weighted by Crippen LogP contribution is -2.24. The second-order valence-corrected chi connectivity index (χ2v) is 6.22. The van der Waals surface area contributed by atoms with Gasteiger partial charge in [-0.3, -0.25) is 0 Å². The fraction of sp³-hybridized carbons (Fsp3) is 1.00. The summed E-state index contributed by atoms with van der Waals surface area (Å²) in [6, 6.07) is 0. The van der Waals surface area contributed by atoms with Crippen molar-refractivity contribution in [2.75, 3.05) is 0 Å². The van der Waals surface area contributed by atoms with Gasteiger partial charge in [0.15, 0.2) is 0 Å². The lowest BCUT2D eigenvalue weighted by molar-refractivity contribution is 0.159. The summed E-state index contributed by atoms with van der Waals surface area (Å²) in [5, 5.41) is 0. The van der Waals surface area contributed by atoms with Crippen molar-refractivity contribution in [2.24, 2.45) is 16.7 Å². The third-order valence-electron chi connectivity index (χ3n) is 3.65. The van der Waals surface area contributed by atoms with Gasteiger partial charge in [0, 0.05) is 0 Å². The highest BCUT2D eigenvalue weighted by Gasteiger charge is 2.27. The summed E-state index contributed by atoms with van der Waals surface area (Å²) in [5.41, 5.74) is 1.04. The van der Waals surface area contributed by atoms with Gasteiger partial charge in [-0.1, -0.05) is 54.9 Å². The molecule has 0 amide bonds. The zero-order chi connectivity index (χ0) is 10.7. The summed E-state index contributed by atoms with van der Waals surface area (Å²) in [7, 11) is 0. The van der Waals surface area contributed by atoms with Gasteiger partial charge in [-0.15, -0.1) is 0 Å². The Balaban J connectivity index is 4.14. The molecule has 0 saturated carbocycles. The number of hydrogen-bond acceptors (Lipinski definition) is 0. The molecule has 0 nitrogen and oxygen atoms in total. The number of hydrogen-bond donors (Lipinski definition) is 0. The largest absolute Gasteiger partial charge is 0.0649 e. The monoisotopic (exact) mass is 184 g/mol. The van der Waals surface area contributed by atoms with Crippen LogP contribution < -0.4 is 0 Å². The Morgan fingerprint density at radius 3 is 1.62 bits per heavy atom. The Bertz CT molecular complexity index is 139. The van der Waals surface area contributed by atoms with E-state index in [1.54, 1.807) is 0 Å². The maximum absolute atomic E-state index is 2.43. The van der Waals surface area contributed by atoms with Gasteiger partial charge in [-0.25, -0.2) is 0 Å². The third kappa shape index (κ3) is 4.69. The van der Waals surface area contributed by atoms with Gasteiger partial charge in [-0.05, 0) is 29.6 Å². The zero-order valence-corrected chi connectivity index (χ0v) is 10.7. The van der Waals surface area contributed by atoms with E-state index in [1.165, 1.54) is 19.3 Å². The van der Waals surface area contributed by atoms with Crippen molar-refractivity contribution in [3.8, 4) is 0 Å². The second-order valence-electron chi connectivity index (χ2n) is 6.22. The van der Waals surface area contributed by atoms with Crippen LogP contribution in [0.1, 0.15) is 67.7 Å². The van der Waals surface area contributed by atoms with E-state index in [2.05, 4.69) is 48.5 Å². The number of rotatable bonds is 4. The molecule has 0 heterocycles. The summed E-state index contributed by atoms with van der Waals surface area (Å²) in [6.45, 7) is 16.5. The van der Waals surface area contributed by atoms with Crippen LogP contribution in [0.15, 0.2) is 0 Å². The van der Waals surface area contributed by atoms with Crippen molar-refractivity contribution >= 4 is 0 Å². The van der Waals surface area contributed by atoms with Gasteiger partial charge < -0.3 is 0 Å². The molecule has 0 N–H and O–H groups in total. The quantitative estimate of drug-likeness (QED) is 0.584. The van der Waals surface area contributed by atoms with E-state index < -0.39 is 0 Å². The van der Waals surface area contributed by atoms with E-state index in [9.17, 15) is 0 Å². The molecular weight excluding hydrogens is 156 g/mol. The smallest absolute Gasteiger partial charge is 0.0305 e. The molecule has 0 saturated heterocycles. The predicted molar refractivity (Wildman–Crippen MR) is 61.9 cm³/mol. The molecule has 0 bridgehead atoms.